The van der Waals surface area contributed by atoms with Crippen molar-refractivity contribution in [3.8, 4) is 0 Å². The van der Waals surface area contributed by atoms with Crippen molar-refractivity contribution in [2.24, 2.45) is 7.05 Å². The standard InChI is InChI=1S/C21H23N5O/c1-25-10-9-23-20(25)19-13-22-8-11-26(19)21(27)16-12-18(14-6-7-14)24-17-5-3-2-4-15(16)17/h2-5,9-10,12,14,19,22H,6-8,11,13H2,1H3. The Hall–Kier alpha value is -2.73. The van der Waals surface area contributed by atoms with Gasteiger partial charge >= 0.3 is 0 Å². The van der Waals surface area contributed by atoms with E-state index in [-0.39, 0.29) is 11.9 Å². The topological polar surface area (TPSA) is 63.1 Å². The lowest BCUT2D eigenvalue weighted by molar-refractivity contribution is 0.0622. The number of benzene rings is 1. The molecule has 6 nitrogen and oxygen atoms in total. The Morgan fingerprint density at radius 3 is 2.89 bits per heavy atom. The number of fused-ring (bicyclic) bond motifs is 1. The zero-order chi connectivity index (χ0) is 18.4. The van der Waals surface area contributed by atoms with E-state index in [9.17, 15) is 4.79 Å². The largest absolute Gasteiger partial charge is 0.336 e. The van der Waals surface area contributed by atoms with Crippen LogP contribution >= 0.6 is 0 Å². The molecule has 138 valence electrons. The normalized spacial score (nSPS) is 20.2. The quantitative estimate of drug-likeness (QED) is 0.779. The highest BCUT2D eigenvalue weighted by Crippen LogP contribution is 2.40. The summed E-state index contributed by atoms with van der Waals surface area (Å²) in [6.45, 7) is 2.19. The zero-order valence-electron chi connectivity index (χ0n) is 15.4. The molecule has 1 aliphatic carbocycles. The summed E-state index contributed by atoms with van der Waals surface area (Å²) in [5, 5.41) is 4.34. The molecule has 3 aromatic rings. The lowest BCUT2D eigenvalue weighted by atomic mass is 10.0. The predicted octanol–water partition coefficient (Wildman–Crippen LogP) is 2.63. The Labute approximate surface area is 158 Å². The summed E-state index contributed by atoms with van der Waals surface area (Å²) in [5.41, 5.74) is 2.73. The van der Waals surface area contributed by atoms with Crippen LogP contribution in [0.2, 0.25) is 0 Å². The van der Waals surface area contributed by atoms with Gasteiger partial charge < -0.3 is 14.8 Å². The van der Waals surface area contributed by atoms with Crippen molar-refractivity contribution in [1.82, 2.24) is 24.8 Å². The van der Waals surface area contributed by atoms with Gasteiger partial charge in [-0.3, -0.25) is 9.78 Å². The molecule has 3 heterocycles. The van der Waals surface area contributed by atoms with Gasteiger partial charge in [0.1, 0.15) is 11.9 Å². The van der Waals surface area contributed by atoms with Crippen LogP contribution in [0.1, 0.15) is 46.7 Å². The van der Waals surface area contributed by atoms with E-state index in [0.29, 0.717) is 12.5 Å². The summed E-state index contributed by atoms with van der Waals surface area (Å²) in [4.78, 5) is 24.9. The van der Waals surface area contributed by atoms with Gasteiger partial charge in [0.25, 0.3) is 5.91 Å². The molecule has 0 radical (unpaired) electrons. The van der Waals surface area contributed by atoms with Crippen LogP contribution in [0.4, 0.5) is 0 Å². The van der Waals surface area contributed by atoms with Gasteiger partial charge in [0, 0.05) is 56.1 Å². The Morgan fingerprint density at radius 2 is 2.11 bits per heavy atom. The summed E-state index contributed by atoms with van der Waals surface area (Å²) in [5.74, 6) is 1.50. The van der Waals surface area contributed by atoms with Crippen molar-refractivity contribution >= 4 is 16.8 Å². The molecule has 0 bridgehead atoms. The van der Waals surface area contributed by atoms with E-state index in [1.807, 2.05) is 53.0 Å². The smallest absolute Gasteiger partial charge is 0.255 e. The minimum atomic E-state index is -0.0671. The second-order valence-electron chi connectivity index (χ2n) is 7.50. The second kappa shape index (κ2) is 6.46. The minimum Gasteiger partial charge on any atom is -0.336 e. The summed E-state index contributed by atoms with van der Waals surface area (Å²) in [6.07, 6.45) is 6.06. The molecule has 2 fully saturated rings. The molecule has 1 amide bonds. The maximum atomic E-state index is 13.7. The predicted molar refractivity (Wildman–Crippen MR) is 104 cm³/mol. The number of imidazole rings is 1. The monoisotopic (exact) mass is 361 g/mol. The summed E-state index contributed by atoms with van der Waals surface area (Å²) in [7, 11) is 1.98. The van der Waals surface area contributed by atoms with E-state index in [4.69, 9.17) is 4.98 Å². The number of amides is 1. The van der Waals surface area contributed by atoms with E-state index >= 15 is 0 Å². The highest BCUT2D eigenvalue weighted by Gasteiger charge is 2.33. The lowest BCUT2D eigenvalue weighted by Crippen LogP contribution is -2.49. The van der Waals surface area contributed by atoms with Gasteiger partial charge in [0.05, 0.1) is 11.1 Å². The average molecular weight is 361 g/mol. The fourth-order valence-corrected chi connectivity index (χ4v) is 3.99. The Bertz CT molecular complexity index is 1010. The van der Waals surface area contributed by atoms with Gasteiger partial charge in [-0.15, -0.1) is 0 Å². The van der Waals surface area contributed by atoms with Crippen molar-refractivity contribution in [1.29, 1.82) is 0 Å². The number of para-hydroxylation sites is 1. The highest BCUT2D eigenvalue weighted by atomic mass is 16.2. The zero-order valence-corrected chi connectivity index (χ0v) is 15.4. The van der Waals surface area contributed by atoms with Crippen molar-refractivity contribution in [3.63, 3.8) is 0 Å². The summed E-state index contributed by atoms with van der Waals surface area (Å²) >= 11 is 0. The molecule has 5 rings (SSSR count). The fraction of sp³-hybridized carbons (Fsp3) is 0.381. The molecule has 2 aromatic heterocycles. The Kier molecular flexibility index (Phi) is 3.93. The van der Waals surface area contributed by atoms with Crippen LogP contribution in [0.3, 0.4) is 0 Å². The number of hydrogen-bond acceptors (Lipinski definition) is 4. The number of pyridine rings is 1. The van der Waals surface area contributed by atoms with Crippen molar-refractivity contribution in [2.75, 3.05) is 19.6 Å². The third-order valence-electron chi connectivity index (χ3n) is 5.62. The molecule has 27 heavy (non-hydrogen) atoms. The van der Waals surface area contributed by atoms with Crippen LogP contribution in [-0.2, 0) is 7.05 Å². The SMILES string of the molecule is Cn1ccnc1C1CNCCN1C(=O)c1cc(C2CC2)nc2ccccc12. The average Bonchev–Trinajstić information content (AvgIpc) is 3.48. The second-order valence-corrected chi connectivity index (χ2v) is 7.50. The lowest BCUT2D eigenvalue weighted by Gasteiger charge is -2.36. The van der Waals surface area contributed by atoms with Crippen molar-refractivity contribution in [3.05, 3.63) is 59.8 Å². The van der Waals surface area contributed by atoms with Gasteiger partial charge in [-0.25, -0.2) is 4.98 Å². The number of aromatic nitrogens is 3. The minimum absolute atomic E-state index is 0.0671. The molecule has 1 atom stereocenters. The van der Waals surface area contributed by atoms with Gasteiger partial charge in [-0.05, 0) is 25.0 Å². The molecule has 0 spiro atoms. The first-order chi connectivity index (χ1) is 13.2. The first kappa shape index (κ1) is 16.4. The van der Waals surface area contributed by atoms with E-state index in [0.717, 1.165) is 41.1 Å². The van der Waals surface area contributed by atoms with Crippen LogP contribution in [-0.4, -0.2) is 45.0 Å². The van der Waals surface area contributed by atoms with Gasteiger partial charge in [-0.2, -0.15) is 0 Å². The van der Waals surface area contributed by atoms with Crippen LogP contribution in [0.25, 0.3) is 10.9 Å². The van der Waals surface area contributed by atoms with Crippen molar-refractivity contribution < 1.29 is 4.79 Å². The Morgan fingerprint density at radius 1 is 1.26 bits per heavy atom. The van der Waals surface area contributed by atoms with Gasteiger partial charge in [-0.1, -0.05) is 18.2 Å². The van der Waals surface area contributed by atoms with E-state index in [1.54, 1.807) is 6.20 Å². The van der Waals surface area contributed by atoms with Crippen LogP contribution in [0, 0.1) is 0 Å². The molecule has 1 unspecified atom stereocenters. The van der Waals surface area contributed by atoms with Gasteiger partial charge in [0.15, 0.2) is 0 Å². The summed E-state index contributed by atoms with van der Waals surface area (Å²) in [6, 6.07) is 9.94. The van der Waals surface area contributed by atoms with Crippen LogP contribution in [0.5, 0.6) is 0 Å². The first-order valence-electron chi connectivity index (χ1n) is 9.61. The van der Waals surface area contributed by atoms with Gasteiger partial charge in [0.2, 0.25) is 0 Å². The number of aryl methyl sites for hydroxylation is 1. The number of piperazine rings is 1. The molecule has 1 N–H and O–H groups in total. The maximum absolute atomic E-state index is 13.7. The first-order valence-corrected chi connectivity index (χ1v) is 9.61. The number of carbonyl (C=O) groups excluding carboxylic acids is 1. The third-order valence-corrected chi connectivity index (χ3v) is 5.62. The molecule has 1 aliphatic heterocycles. The van der Waals surface area contributed by atoms with E-state index < -0.39 is 0 Å². The number of hydrogen-bond donors (Lipinski definition) is 1. The molecular formula is C21H23N5O. The third kappa shape index (κ3) is 2.90. The highest BCUT2D eigenvalue weighted by molar-refractivity contribution is 6.06. The van der Waals surface area contributed by atoms with Crippen LogP contribution in [0.15, 0.2) is 42.7 Å². The Balaban J connectivity index is 1.59. The summed E-state index contributed by atoms with van der Waals surface area (Å²) < 4.78 is 2.00. The molecule has 6 heteroatoms. The number of nitrogens with one attached hydrogen (secondary N) is 1. The molecule has 2 aliphatic rings. The number of rotatable bonds is 3. The maximum Gasteiger partial charge on any atom is 0.255 e. The van der Waals surface area contributed by atoms with Crippen LogP contribution < -0.4 is 5.32 Å². The molecular weight excluding hydrogens is 338 g/mol. The van der Waals surface area contributed by atoms with Crippen molar-refractivity contribution in [2.45, 2.75) is 24.8 Å². The molecule has 1 aromatic carbocycles. The number of carbonyl (C=O) groups is 1. The number of nitrogens with zero attached hydrogens (tertiary/aromatic N) is 4. The van der Waals surface area contributed by atoms with E-state index in [1.165, 1.54) is 12.8 Å². The fourth-order valence-electron chi connectivity index (χ4n) is 3.99. The molecule has 1 saturated heterocycles. The molecule has 1 saturated carbocycles. The van der Waals surface area contributed by atoms with E-state index in [2.05, 4.69) is 10.3 Å².